The molecule has 1 saturated heterocycles. The van der Waals surface area contributed by atoms with Gasteiger partial charge in [0.2, 0.25) is 5.91 Å². The van der Waals surface area contributed by atoms with E-state index in [1.807, 2.05) is 36.4 Å². The van der Waals surface area contributed by atoms with Crippen LogP contribution < -0.4 is 19.9 Å². The highest BCUT2D eigenvalue weighted by atomic mass is 16.5. The summed E-state index contributed by atoms with van der Waals surface area (Å²) in [6.45, 7) is 3.31. The molecule has 1 fully saturated rings. The quantitative estimate of drug-likeness (QED) is 0.847. The molecule has 0 atom stereocenters. The van der Waals surface area contributed by atoms with Crippen LogP contribution in [0.4, 0.5) is 17.2 Å². The van der Waals surface area contributed by atoms with Crippen molar-refractivity contribution >= 4 is 29.0 Å². The van der Waals surface area contributed by atoms with E-state index in [4.69, 9.17) is 9.47 Å². The maximum Gasteiger partial charge on any atom is 0.265 e. The summed E-state index contributed by atoms with van der Waals surface area (Å²) < 4.78 is 10.8. The Morgan fingerprint density at radius 3 is 2.75 bits per heavy atom. The normalized spacial score (nSPS) is 16.4. The molecule has 1 aromatic carbocycles. The van der Waals surface area contributed by atoms with E-state index in [9.17, 15) is 9.59 Å². The van der Waals surface area contributed by atoms with Crippen molar-refractivity contribution in [2.45, 2.75) is 6.42 Å². The van der Waals surface area contributed by atoms with Crippen LogP contribution >= 0.6 is 0 Å². The summed E-state index contributed by atoms with van der Waals surface area (Å²) in [5, 5.41) is 2.84. The minimum atomic E-state index is -0.169. The third kappa shape index (κ3) is 4.07. The lowest BCUT2D eigenvalue weighted by atomic mass is 10.2. The molecule has 8 nitrogen and oxygen atoms in total. The number of anilines is 3. The van der Waals surface area contributed by atoms with Gasteiger partial charge in [-0.2, -0.15) is 0 Å². The van der Waals surface area contributed by atoms with Crippen molar-refractivity contribution < 1.29 is 19.1 Å². The first-order valence-corrected chi connectivity index (χ1v) is 9.31. The van der Waals surface area contributed by atoms with Gasteiger partial charge in [-0.3, -0.25) is 9.59 Å². The Balaban J connectivity index is 1.33. The molecule has 0 aliphatic carbocycles. The van der Waals surface area contributed by atoms with Crippen LogP contribution in [-0.2, 0) is 14.3 Å². The third-order valence-electron chi connectivity index (χ3n) is 4.74. The second-order valence-corrected chi connectivity index (χ2v) is 6.60. The number of rotatable bonds is 5. The lowest BCUT2D eigenvalue weighted by molar-refractivity contribution is -0.121. The SMILES string of the molecule is O=C(CCN1C(=O)COc2ccccc21)Nc1ccc(N2CCOCC2)nc1. The number of nitrogens with one attached hydrogen (secondary N) is 1. The van der Waals surface area contributed by atoms with Crippen molar-refractivity contribution in [3.05, 3.63) is 42.6 Å². The molecule has 2 aromatic rings. The molecule has 0 unspecified atom stereocenters. The van der Waals surface area contributed by atoms with Gasteiger partial charge >= 0.3 is 0 Å². The second-order valence-electron chi connectivity index (χ2n) is 6.60. The number of carbonyl (C=O) groups is 2. The van der Waals surface area contributed by atoms with Crippen LogP contribution in [0.25, 0.3) is 0 Å². The van der Waals surface area contributed by atoms with E-state index < -0.39 is 0 Å². The van der Waals surface area contributed by atoms with E-state index in [0.717, 1.165) is 18.9 Å². The number of hydrogen-bond donors (Lipinski definition) is 1. The Bertz CT molecular complexity index is 850. The van der Waals surface area contributed by atoms with E-state index in [0.29, 0.717) is 36.9 Å². The Labute approximate surface area is 163 Å². The maximum absolute atomic E-state index is 12.3. The van der Waals surface area contributed by atoms with Crippen molar-refractivity contribution in [3.8, 4) is 5.75 Å². The fraction of sp³-hybridized carbons (Fsp3) is 0.350. The molecule has 0 bridgehead atoms. The topological polar surface area (TPSA) is 84.0 Å². The molecule has 28 heavy (non-hydrogen) atoms. The molecule has 0 saturated carbocycles. The fourth-order valence-electron chi connectivity index (χ4n) is 3.28. The summed E-state index contributed by atoms with van der Waals surface area (Å²) in [4.78, 5) is 32.7. The number of hydrogen-bond acceptors (Lipinski definition) is 6. The number of nitrogens with zero attached hydrogens (tertiary/aromatic N) is 3. The number of benzene rings is 1. The molecule has 2 aliphatic rings. The van der Waals surface area contributed by atoms with Crippen LogP contribution in [0, 0.1) is 0 Å². The van der Waals surface area contributed by atoms with Crippen LogP contribution in [-0.4, -0.2) is 56.3 Å². The van der Waals surface area contributed by atoms with Gasteiger partial charge in [0, 0.05) is 26.1 Å². The van der Waals surface area contributed by atoms with Gasteiger partial charge < -0.3 is 24.6 Å². The molecular weight excluding hydrogens is 360 g/mol. The van der Waals surface area contributed by atoms with Crippen LogP contribution in [0.15, 0.2) is 42.6 Å². The first kappa shape index (κ1) is 18.2. The van der Waals surface area contributed by atoms with Gasteiger partial charge in [0.25, 0.3) is 5.91 Å². The van der Waals surface area contributed by atoms with Crippen LogP contribution in [0.5, 0.6) is 5.75 Å². The van der Waals surface area contributed by atoms with Gasteiger partial charge in [-0.05, 0) is 24.3 Å². The summed E-state index contributed by atoms with van der Waals surface area (Å²) in [5.74, 6) is 1.21. The number of pyridine rings is 1. The first-order valence-electron chi connectivity index (χ1n) is 9.31. The zero-order valence-corrected chi connectivity index (χ0v) is 15.5. The number of aromatic nitrogens is 1. The minimum absolute atomic E-state index is 0.00838. The number of carbonyl (C=O) groups excluding carboxylic acids is 2. The monoisotopic (exact) mass is 382 g/mol. The van der Waals surface area contributed by atoms with E-state index in [2.05, 4.69) is 15.2 Å². The Morgan fingerprint density at radius 2 is 1.96 bits per heavy atom. The fourth-order valence-corrected chi connectivity index (χ4v) is 3.28. The van der Waals surface area contributed by atoms with Crippen molar-refractivity contribution in [3.63, 3.8) is 0 Å². The van der Waals surface area contributed by atoms with E-state index in [-0.39, 0.29) is 24.8 Å². The predicted octanol–water partition coefficient (Wildman–Crippen LogP) is 1.67. The van der Waals surface area contributed by atoms with Gasteiger partial charge in [0.05, 0.1) is 30.8 Å². The van der Waals surface area contributed by atoms with Gasteiger partial charge in [0.15, 0.2) is 6.61 Å². The molecule has 8 heteroatoms. The smallest absolute Gasteiger partial charge is 0.265 e. The summed E-state index contributed by atoms with van der Waals surface area (Å²) in [6.07, 6.45) is 1.84. The highest BCUT2D eigenvalue weighted by molar-refractivity contribution is 5.99. The predicted molar refractivity (Wildman–Crippen MR) is 105 cm³/mol. The largest absolute Gasteiger partial charge is 0.482 e. The van der Waals surface area contributed by atoms with E-state index in [1.54, 1.807) is 11.1 Å². The molecule has 4 rings (SSSR count). The summed E-state index contributed by atoms with van der Waals surface area (Å²) in [5.41, 5.74) is 1.33. The highest BCUT2D eigenvalue weighted by Crippen LogP contribution is 2.31. The van der Waals surface area contributed by atoms with Crippen LogP contribution in [0.2, 0.25) is 0 Å². The van der Waals surface area contributed by atoms with Crippen molar-refractivity contribution in [2.24, 2.45) is 0 Å². The Morgan fingerprint density at radius 1 is 1.14 bits per heavy atom. The molecule has 2 amide bonds. The van der Waals surface area contributed by atoms with Gasteiger partial charge in [-0.15, -0.1) is 0 Å². The number of ether oxygens (including phenoxy) is 2. The average molecular weight is 382 g/mol. The third-order valence-corrected chi connectivity index (χ3v) is 4.74. The number of para-hydroxylation sites is 2. The molecule has 146 valence electrons. The maximum atomic E-state index is 12.3. The van der Waals surface area contributed by atoms with Crippen molar-refractivity contribution in [2.75, 3.05) is 54.6 Å². The molecule has 0 spiro atoms. The number of fused-ring (bicyclic) bond motifs is 1. The Kier molecular flexibility index (Phi) is 5.38. The molecular formula is C20H22N4O4. The lowest BCUT2D eigenvalue weighted by Crippen LogP contribution is -2.40. The van der Waals surface area contributed by atoms with Crippen molar-refractivity contribution in [1.29, 1.82) is 0 Å². The summed E-state index contributed by atoms with van der Waals surface area (Å²) >= 11 is 0. The molecule has 0 radical (unpaired) electrons. The standard InChI is InChI=1S/C20H22N4O4/c25-19(7-8-24-16-3-1-2-4-17(16)28-14-20(24)26)22-15-5-6-18(21-13-15)23-9-11-27-12-10-23/h1-6,13H,7-12,14H2,(H,22,25). The van der Waals surface area contributed by atoms with Crippen LogP contribution in [0.1, 0.15) is 6.42 Å². The Hall–Kier alpha value is -3.13. The van der Waals surface area contributed by atoms with Gasteiger partial charge in [-0.1, -0.05) is 12.1 Å². The number of amides is 2. The van der Waals surface area contributed by atoms with E-state index in [1.165, 1.54) is 0 Å². The van der Waals surface area contributed by atoms with Gasteiger partial charge in [0.1, 0.15) is 11.6 Å². The lowest BCUT2D eigenvalue weighted by Gasteiger charge is -2.29. The zero-order chi connectivity index (χ0) is 19.3. The second kappa shape index (κ2) is 8.26. The molecule has 1 N–H and O–H groups in total. The number of morpholine rings is 1. The van der Waals surface area contributed by atoms with Gasteiger partial charge in [-0.25, -0.2) is 4.98 Å². The van der Waals surface area contributed by atoms with Crippen LogP contribution in [0.3, 0.4) is 0 Å². The summed E-state index contributed by atoms with van der Waals surface area (Å²) in [6, 6.07) is 11.1. The minimum Gasteiger partial charge on any atom is -0.482 e. The molecule has 1 aromatic heterocycles. The first-order chi connectivity index (χ1) is 13.7. The average Bonchev–Trinajstić information content (AvgIpc) is 2.74. The summed E-state index contributed by atoms with van der Waals surface area (Å²) in [7, 11) is 0. The molecule has 3 heterocycles. The van der Waals surface area contributed by atoms with E-state index >= 15 is 0 Å². The zero-order valence-electron chi connectivity index (χ0n) is 15.5. The van der Waals surface area contributed by atoms with Crippen molar-refractivity contribution in [1.82, 2.24) is 4.98 Å². The highest BCUT2D eigenvalue weighted by Gasteiger charge is 2.25. The molecule has 2 aliphatic heterocycles.